The molecule has 0 aliphatic heterocycles. The van der Waals surface area contributed by atoms with Gasteiger partial charge in [0, 0.05) is 6.20 Å². The number of nitrogens with one attached hydrogen (secondary N) is 1. The van der Waals surface area contributed by atoms with Gasteiger partial charge in [-0.1, -0.05) is 29.3 Å². The second kappa shape index (κ2) is 5.91. The summed E-state index contributed by atoms with van der Waals surface area (Å²) in [6.07, 6.45) is 1.61. The predicted molar refractivity (Wildman–Crippen MR) is 71.9 cm³/mol. The molecule has 0 saturated heterocycles. The number of ketones is 1. The normalized spacial score (nSPS) is 10.2. The van der Waals surface area contributed by atoms with Crippen LogP contribution in [-0.4, -0.2) is 23.3 Å². The quantitative estimate of drug-likeness (QED) is 0.695. The standard InChI is InChI=1S/C13H9Cl2NO3/c14-9-4-1-3-8(12(9)15)13(18)19-7-11(17)10-5-2-6-16-10/h1-6,16H,7H2. The van der Waals surface area contributed by atoms with Gasteiger partial charge in [0.25, 0.3) is 0 Å². The van der Waals surface area contributed by atoms with Gasteiger partial charge in [-0.2, -0.15) is 0 Å². The smallest absolute Gasteiger partial charge is 0.340 e. The van der Waals surface area contributed by atoms with Crippen molar-refractivity contribution in [1.82, 2.24) is 4.98 Å². The first-order valence-electron chi connectivity index (χ1n) is 5.37. The van der Waals surface area contributed by atoms with Crippen LogP contribution in [0.15, 0.2) is 36.5 Å². The lowest BCUT2D eigenvalue weighted by atomic mass is 10.2. The van der Waals surface area contributed by atoms with Gasteiger partial charge >= 0.3 is 5.97 Å². The van der Waals surface area contributed by atoms with E-state index in [9.17, 15) is 9.59 Å². The maximum atomic E-state index is 11.8. The van der Waals surface area contributed by atoms with E-state index in [-0.39, 0.29) is 28.0 Å². The molecule has 1 heterocycles. The van der Waals surface area contributed by atoms with Crippen LogP contribution in [0.25, 0.3) is 0 Å². The monoisotopic (exact) mass is 297 g/mol. The van der Waals surface area contributed by atoms with Gasteiger partial charge in [-0.15, -0.1) is 0 Å². The number of hydrogen-bond donors (Lipinski definition) is 1. The first-order valence-corrected chi connectivity index (χ1v) is 6.13. The lowest BCUT2D eigenvalue weighted by Crippen LogP contribution is -2.14. The van der Waals surface area contributed by atoms with Crippen LogP contribution in [0.4, 0.5) is 0 Å². The number of aromatic nitrogens is 1. The third-order valence-electron chi connectivity index (χ3n) is 2.40. The minimum Gasteiger partial charge on any atom is -0.454 e. The second-order valence-corrected chi connectivity index (χ2v) is 4.47. The summed E-state index contributed by atoms with van der Waals surface area (Å²) in [6.45, 7) is -0.359. The Morgan fingerprint density at radius 3 is 2.63 bits per heavy atom. The number of halogens is 2. The molecule has 0 radical (unpaired) electrons. The van der Waals surface area contributed by atoms with Gasteiger partial charge in [0.15, 0.2) is 6.61 Å². The molecule has 4 nitrogen and oxygen atoms in total. The maximum Gasteiger partial charge on any atom is 0.340 e. The molecule has 0 bridgehead atoms. The maximum absolute atomic E-state index is 11.8. The van der Waals surface area contributed by atoms with Crippen LogP contribution < -0.4 is 0 Å². The summed E-state index contributed by atoms with van der Waals surface area (Å²) >= 11 is 11.7. The van der Waals surface area contributed by atoms with Crippen LogP contribution >= 0.6 is 23.2 Å². The molecule has 0 saturated carbocycles. The van der Waals surface area contributed by atoms with Crippen LogP contribution in [0.5, 0.6) is 0 Å². The Hall–Kier alpha value is -1.78. The fourth-order valence-electron chi connectivity index (χ4n) is 1.45. The van der Waals surface area contributed by atoms with Crippen LogP contribution in [-0.2, 0) is 4.74 Å². The average Bonchev–Trinajstić information content (AvgIpc) is 2.93. The summed E-state index contributed by atoms with van der Waals surface area (Å²) in [4.78, 5) is 26.1. The summed E-state index contributed by atoms with van der Waals surface area (Å²) in [5, 5.41) is 0.369. The molecule has 0 aliphatic carbocycles. The number of Topliss-reactive ketones (excluding diaryl/α,β-unsaturated/α-hetero) is 1. The number of esters is 1. The largest absolute Gasteiger partial charge is 0.454 e. The zero-order valence-corrected chi connectivity index (χ0v) is 11.2. The van der Waals surface area contributed by atoms with E-state index in [0.29, 0.717) is 5.69 Å². The minimum atomic E-state index is -0.688. The van der Waals surface area contributed by atoms with Crippen molar-refractivity contribution in [1.29, 1.82) is 0 Å². The first-order chi connectivity index (χ1) is 9.09. The topological polar surface area (TPSA) is 59.2 Å². The summed E-state index contributed by atoms with van der Waals surface area (Å²) < 4.78 is 4.90. The van der Waals surface area contributed by atoms with Crippen molar-refractivity contribution in [2.75, 3.05) is 6.61 Å². The zero-order valence-electron chi connectivity index (χ0n) is 9.65. The Balaban J connectivity index is 2.02. The summed E-state index contributed by atoms with van der Waals surface area (Å²) in [7, 11) is 0. The number of carbonyl (C=O) groups excluding carboxylic acids is 2. The SMILES string of the molecule is O=C(COC(=O)c1cccc(Cl)c1Cl)c1ccc[nH]1. The highest BCUT2D eigenvalue weighted by molar-refractivity contribution is 6.43. The van der Waals surface area contributed by atoms with Crippen molar-refractivity contribution >= 4 is 35.0 Å². The highest BCUT2D eigenvalue weighted by Gasteiger charge is 2.16. The van der Waals surface area contributed by atoms with Crippen molar-refractivity contribution < 1.29 is 14.3 Å². The van der Waals surface area contributed by atoms with Crippen molar-refractivity contribution in [3.05, 3.63) is 57.8 Å². The van der Waals surface area contributed by atoms with Gasteiger partial charge in [0.2, 0.25) is 5.78 Å². The van der Waals surface area contributed by atoms with Gasteiger partial charge in [0.1, 0.15) is 0 Å². The zero-order chi connectivity index (χ0) is 13.8. The molecule has 1 aromatic carbocycles. The molecule has 0 unspecified atom stereocenters. The highest BCUT2D eigenvalue weighted by atomic mass is 35.5. The summed E-state index contributed by atoms with van der Waals surface area (Å²) in [6, 6.07) is 7.91. The van der Waals surface area contributed by atoms with Gasteiger partial charge in [-0.3, -0.25) is 4.79 Å². The van der Waals surface area contributed by atoms with Crippen LogP contribution in [0.1, 0.15) is 20.8 Å². The van der Waals surface area contributed by atoms with E-state index in [0.717, 1.165) is 0 Å². The van der Waals surface area contributed by atoms with E-state index in [1.807, 2.05) is 0 Å². The minimum absolute atomic E-state index is 0.112. The molecule has 0 atom stereocenters. The van der Waals surface area contributed by atoms with Gasteiger partial charge in [-0.05, 0) is 24.3 Å². The number of benzene rings is 1. The Morgan fingerprint density at radius 1 is 1.16 bits per heavy atom. The molecule has 0 aliphatic rings. The molecule has 19 heavy (non-hydrogen) atoms. The van der Waals surface area contributed by atoms with E-state index in [1.54, 1.807) is 30.5 Å². The third-order valence-corrected chi connectivity index (χ3v) is 3.22. The molecule has 98 valence electrons. The number of rotatable bonds is 4. The second-order valence-electron chi connectivity index (χ2n) is 3.68. The highest BCUT2D eigenvalue weighted by Crippen LogP contribution is 2.25. The number of aromatic amines is 1. The van der Waals surface area contributed by atoms with E-state index in [2.05, 4.69) is 4.98 Å². The van der Waals surface area contributed by atoms with Crippen molar-refractivity contribution in [2.24, 2.45) is 0 Å². The third kappa shape index (κ3) is 3.16. The van der Waals surface area contributed by atoms with E-state index < -0.39 is 5.97 Å². The Kier molecular flexibility index (Phi) is 4.24. The average molecular weight is 298 g/mol. The van der Waals surface area contributed by atoms with Crippen molar-refractivity contribution in [3.8, 4) is 0 Å². The molecule has 2 rings (SSSR count). The summed E-state index contributed by atoms with van der Waals surface area (Å²) in [5.41, 5.74) is 0.512. The predicted octanol–water partition coefficient (Wildman–Crippen LogP) is 3.36. The molecule has 0 spiro atoms. The fourth-order valence-corrected chi connectivity index (χ4v) is 1.83. The fraction of sp³-hybridized carbons (Fsp3) is 0.0769. The van der Waals surface area contributed by atoms with Crippen LogP contribution in [0, 0.1) is 0 Å². The Labute approximate surface area is 119 Å². The Bertz CT molecular complexity index is 608. The molecule has 0 fully saturated rings. The lowest BCUT2D eigenvalue weighted by molar-refractivity contribution is 0.0474. The van der Waals surface area contributed by atoms with Crippen molar-refractivity contribution in [3.63, 3.8) is 0 Å². The number of ether oxygens (including phenoxy) is 1. The van der Waals surface area contributed by atoms with Gasteiger partial charge < -0.3 is 9.72 Å². The van der Waals surface area contributed by atoms with E-state index >= 15 is 0 Å². The summed E-state index contributed by atoms with van der Waals surface area (Å²) in [5.74, 6) is -1.01. The lowest BCUT2D eigenvalue weighted by Gasteiger charge is -2.06. The van der Waals surface area contributed by atoms with Crippen molar-refractivity contribution in [2.45, 2.75) is 0 Å². The van der Waals surface area contributed by atoms with E-state index in [4.69, 9.17) is 27.9 Å². The Morgan fingerprint density at radius 2 is 1.95 bits per heavy atom. The first kappa shape index (κ1) is 13.6. The van der Waals surface area contributed by atoms with Gasteiger partial charge in [-0.25, -0.2) is 4.79 Å². The number of H-pyrrole nitrogens is 1. The molecular weight excluding hydrogens is 289 g/mol. The molecule has 2 aromatic rings. The number of hydrogen-bond acceptors (Lipinski definition) is 3. The van der Waals surface area contributed by atoms with Crippen LogP contribution in [0.2, 0.25) is 10.0 Å². The van der Waals surface area contributed by atoms with Crippen LogP contribution in [0.3, 0.4) is 0 Å². The van der Waals surface area contributed by atoms with Gasteiger partial charge in [0.05, 0.1) is 21.3 Å². The molecule has 1 N–H and O–H groups in total. The molecule has 6 heteroatoms. The molecule has 0 amide bonds. The van der Waals surface area contributed by atoms with E-state index in [1.165, 1.54) is 6.07 Å². The number of carbonyl (C=O) groups is 2. The molecule has 1 aromatic heterocycles. The molecular formula is C13H9Cl2NO3.